The highest BCUT2D eigenvalue weighted by Gasteiger charge is 2.25. The number of urea groups is 1. The van der Waals surface area contributed by atoms with Crippen LogP contribution in [0.5, 0.6) is 0 Å². The Balaban J connectivity index is 4.18. The van der Waals surface area contributed by atoms with E-state index >= 15 is 0 Å². The second-order valence-corrected chi connectivity index (χ2v) is 8.11. The van der Waals surface area contributed by atoms with Gasteiger partial charge in [-0.3, -0.25) is 0 Å². The number of ether oxygens (including phenoxy) is 1. The van der Waals surface area contributed by atoms with Gasteiger partial charge in [0.15, 0.2) is 0 Å². The average Bonchev–Trinajstić information content (AvgIpc) is 2.18. The molecule has 6 heteroatoms. The van der Waals surface area contributed by atoms with Crippen LogP contribution in [0.2, 0.25) is 0 Å². The Hall–Kier alpha value is -1.46. The van der Waals surface area contributed by atoms with Crippen LogP contribution in [-0.4, -0.2) is 36.4 Å². The van der Waals surface area contributed by atoms with Crippen molar-refractivity contribution >= 4 is 12.1 Å². The van der Waals surface area contributed by atoms with Crippen molar-refractivity contribution in [2.75, 3.05) is 13.1 Å². The third-order valence-corrected chi connectivity index (χ3v) is 2.31. The van der Waals surface area contributed by atoms with Gasteiger partial charge >= 0.3 is 12.1 Å². The van der Waals surface area contributed by atoms with E-state index in [4.69, 9.17) is 4.74 Å². The molecule has 0 aliphatic carbocycles. The summed E-state index contributed by atoms with van der Waals surface area (Å²) in [5.41, 5.74) is -1.11. The van der Waals surface area contributed by atoms with E-state index in [9.17, 15) is 9.59 Å². The van der Waals surface area contributed by atoms with Gasteiger partial charge in [0.05, 0.1) is 5.54 Å². The van der Waals surface area contributed by atoms with Crippen LogP contribution < -0.4 is 16.0 Å². The van der Waals surface area contributed by atoms with Gasteiger partial charge < -0.3 is 20.7 Å². The first-order chi connectivity index (χ1) is 9.20. The zero-order valence-electron chi connectivity index (χ0n) is 14.6. The molecule has 0 bridgehead atoms. The van der Waals surface area contributed by atoms with Crippen molar-refractivity contribution in [1.29, 1.82) is 0 Å². The van der Waals surface area contributed by atoms with Gasteiger partial charge in [-0.25, -0.2) is 9.59 Å². The molecule has 0 heterocycles. The topological polar surface area (TPSA) is 79.5 Å². The lowest BCUT2D eigenvalue weighted by Gasteiger charge is -2.29. The van der Waals surface area contributed by atoms with Crippen molar-refractivity contribution in [2.45, 2.75) is 66.5 Å². The molecule has 6 nitrogen and oxygen atoms in total. The predicted molar refractivity (Wildman–Crippen MR) is 84.3 cm³/mol. The minimum Gasteiger partial charge on any atom is -0.444 e. The first-order valence-electron chi connectivity index (χ1n) is 7.23. The van der Waals surface area contributed by atoms with Gasteiger partial charge in [0.25, 0.3) is 0 Å². The van der Waals surface area contributed by atoms with E-state index in [2.05, 4.69) is 16.0 Å². The fraction of sp³-hybridized carbons (Fsp3) is 0.867. The standard InChI is InChI=1S/C15H31N3O3/c1-13(2,3)9-16-11(19)17-10-15(7,8)18-12(20)21-14(4,5)6/h9-10H2,1-8H3,(H,18,20)(H2,16,17,19). The molecule has 0 unspecified atom stereocenters. The zero-order valence-corrected chi connectivity index (χ0v) is 14.6. The predicted octanol–water partition coefficient (Wildman–Crippen LogP) is 2.64. The summed E-state index contributed by atoms with van der Waals surface area (Å²) in [6.45, 7) is 16.1. The highest BCUT2D eigenvalue weighted by atomic mass is 16.6. The van der Waals surface area contributed by atoms with Crippen molar-refractivity contribution in [2.24, 2.45) is 5.41 Å². The Bertz CT molecular complexity index is 365. The average molecular weight is 301 g/mol. The Kier molecular flexibility index (Phi) is 6.52. The molecule has 3 N–H and O–H groups in total. The molecule has 0 aliphatic heterocycles. The second-order valence-electron chi connectivity index (χ2n) is 8.11. The summed E-state index contributed by atoms with van der Waals surface area (Å²) < 4.78 is 5.19. The molecule has 21 heavy (non-hydrogen) atoms. The van der Waals surface area contributed by atoms with Crippen molar-refractivity contribution in [3.63, 3.8) is 0 Å². The highest BCUT2D eigenvalue weighted by molar-refractivity contribution is 5.74. The molecule has 0 aromatic carbocycles. The SMILES string of the molecule is CC(C)(C)CNC(=O)NCC(C)(C)NC(=O)OC(C)(C)C. The van der Waals surface area contributed by atoms with E-state index in [0.717, 1.165) is 0 Å². The van der Waals surface area contributed by atoms with Crippen molar-refractivity contribution < 1.29 is 14.3 Å². The molecule has 0 aromatic heterocycles. The molecule has 0 spiro atoms. The summed E-state index contributed by atoms with van der Waals surface area (Å²) >= 11 is 0. The lowest BCUT2D eigenvalue weighted by Crippen LogP contribution is -2.54. The maximum atomic E-state index is 11.7. The van der Waals surface area contributed by atoms with Gasteiger partial charge in [-0.05, 0) is 40.0 Å². The van der Waals surface area contributed by atoms with Crippen LogP contribution in [0.1, 0.15) is 55.4 Å². The summed E-state index contributed by atoms with van der Waals surface area (Å²) in [4.78, 5) is 23.4. The number of hydrogen-bond acceptors (Lipinski definition) is 3. The first kappa shape index (κ1) is 19.5. The molecule has 0 rings (SSSR count). The van der Waals surface area contributed by atoms with Gasteiger partial charge in [0.2, 0.25) is 0 Å². The molecule has 0 atom stereocenters. The van der Waals surface area contributed by atoms with Crippen LogP contribution in [0.15, 0.2) is 0 Å². The van der Waals surface area contributed by atoms with E-state index in [1.54, 1.807) is 20.8 Å². The molecule has 124 valence electrons. The Morgan fingerprint density at radius 3 is 1.76 bits per heavy atom. The maximum Gasteiger partial charge on any atom is 0.408 e. The lowest BCUT2D eigenvalue weighted by atomic mass is 9.97. The van der Waals surface area contributed by atoms with Crippen LogP contribution in [-0.2, 0) is 4.74 Å². The number of nitrogens with one attached hydrogen (secondary N) is 3. The molecule has 0 fully saturated rings. The minimum absolute atomic E-state index is 0.0294. The zero-order chi connectivity index (χ0) is 16.9. The second kappa shape index (κ2) is 7.00. The summed E-state index contributed by atoms with van der Waals surface area (Å²) in [7, 11) is 0. The molecule has 0 aromatic rings. The third kappa shape index (κ3) is 12.0. The van der Waals surface area contributed by atoms with Crippen molar-refractivity contribution in [1.82, 2.24) is 16.0 Å². The number of hydrogen-bond donors (Lipinski definition) is 3. The molecule has 0 saturated carbocycles. The van der Waals surface area contributed by atoms with Crippen LogP contribution in [0, 0.1) is 5.41 Å². The minimum atomic E-state index is -0.596. The quantitative estimate of drug-likeness (QED) is 0.747. The number of carbonyl (C=O) groups excluding carboxylic acids is 2. The first-order valence-corrected chi connectivity index (χ1v) is 7.23. The lowest BCUT2D eigenvalue weighted by molar-refractivity contribution is 0.0472. The molecule has 0 saturated heterocycles. The monoisotopic (exact) mass is 301 g/mol. The van der Waals surface area contributed by atoms with E-state index in [0.29, 0.717) is 13.1 Å². The van der Waals surface area contributed by atoms with Crippen LogP contribution in [0.25, 0.3) is 0 Å². The maximum absolute atomic E-state index is 11.7. The molecule has 0 aliphatic rings. The van der Waals surface area contributed by atoms with Gasteiger partial charge in [-0.2, -0.15) is 0 Å². The van der Waals surface area contributed by atoms with E-state index in [1.807, 2.05) is 34.6 Å². The smallest absolute Gasteiger partial charge is 0.408 e. The van der Waals surface area contributed by atoms with E-state index in [-0.39, 0.29) is 11.4 Å². The largest absolute Gasteiger partial charge is 0.444 e. The van der Waals surface area contributed by atoms with Crippen molar-refractivity contribution in [3.05, 3.63) is 0 Å². The molecular weight excluding hydrogens is 270 g/mol. The summed E-state index contributed by atoms with van der Waals surface area (Å²) in [6.07, 6.45) is -0.496. The van der Waals surface area contributed by atoms with Crippen LogP contribution in [0.4, 0.5) is 9.59 Å². The normalized spacial score (nSPS) is 12.6. The summed E-state index contributed by atoms with van der Waals surface area (Å²) in [5.74, 6) is 0. The summed E-state index contributed by atoms with van der Waals surface area (Å²) in [6, 6.07) is -0.246. The third-order valence-electron chi connectivity index (χ3n) is 2.31. The molecule has 0 radical (unpaired) electrons. The molecular formula is C15H31N3O3. The van der Waals surface area contributed by atoms with Crippen LogP contribution >= 0.6 is 0 Å². The fourth-order valence-electron chi connectivity index (χ4n) is 1.33. The van der Waals surface area contributed by atoms with Crippen LogP contribution in [0.3, 0.4) is 0 Å². The molecule has 3 amide bonds. The Labute approximate surface area is 128 Å². The number of rotatable bonds is 4. The number of alkyl carbamates (subject to hydrolysis) is 1. The number of carbonyl (C=O) groups is 2. The Morgan fingerprint density at radius 2 is 1.33 bits per heavy atom. The van der Waals surface area contributed by atoms with Gasteiger partial charge in [-0.1, -0.05) is 20.8 Å². The fourth-order valence-corrected chi connectivity index (χ4v) is 1.33. The number of amides is 3. The summed E-state index contributed by atoms with van der Waals surface area (Å²) in [5, 5.41) is 8.27. The van der Waals surface area contributed by atoms with E-state index in [1.165, 1.54) is 0 Å². The van der Waals surface area contributed by atoms with Gasteiger partial charge in [0.1, 0.15) is 5.60 Å². The Morgan fingerprint density at radius 1 is 0.857 bits per heavy atom. The van der Waals surface area contributed by atoms with E-state index < -0.39 is 17.2 Å². The van der Waals surface area contributed by atoms with Gasteiger partial charge in [0, 0.05) is 13.1 Å². The van der Waals surface area contributed by atoms with Gasteiger partial charge in [-0.15, -0.1) is 0 Å². The highest BCUT2D eigenvalue weighted by Crippen LogP contribution is 2.10. The van der Waals surface area contributed by atoms with Crippen molar-refractivity contribution in [3.8, 4) is 0 Å².